The number of benzene rings is 3. The SMILES string of the molecule is C/C=C(/CC(=O)NCC1=NOC(CC(=O)COC)(Cc2ccccc2)C1)c1ccccc1N.C=CN.CC(=O)O.CCC.OCc1c(O)cccc1Cl. The molecule has 0 spiro atoms. The van der Waals surface area contributed by atoms with Gasteiger partial charge in [0.2, 0.25) is 5.91 Å². The minimum atomic E-state index is -0.833. The van der Waals surface area contributed by atoms with Crippen molar-refractivity contribution in [2.75, 3.05) is 26.0 Å². The van der Waals surface area contributed by atoms with E-state index >= 15 is 0 Å². The van der Waals surface area contributed by atoms with Crippen LogP contribution in [0.2, 0.25) is 5.02 Å². The number of ether oxygens (including phenoxy) is 1. The molecule has 0 radical (unpaired) electrons. The Balaban J connectivity index is 0.00000110. The number of amides is 1. The Kier molecular flexibility index (Phi) is 24.8. The predicted molar refractivity (Wildman–Crippen MR) is 212 cm³/mol. The molecule has 0 fully saturated rings. The first-order chi connectivity index (χ1) is 25.3. The largest absolute Gasteiger partial charge is 0.508 e. The highest BCUT2D eigenvalue weighted by Gasteiger charge is 2.41. The van der Waals surface area contributed by atoms with Gasteiger partial charge in [0.05, 0.1) is 31.7 Å². The van der Waals surface area contributed by atoms with Crippen LogP contribution in [0, 0.1) is 0 Å². The number of oxime groups is 1. The lowest BCUT2D eigenvalue weighted by atomic mass is 9.85. The fourth-order valence-corrected chi connectivity index (χ4v) is 5.00. The number of allylic oxidation sites excluding steroid dienone is 1. The van der Waals surface area contributed by atoms with E-state index in [2.05, 4.69) is 36.6 Å². The fourth-order valence-electron chi connectivity index (χ4n) is 4.77. The van der Waals surface area contributed by atoms with Gasteiger partial charge in [-0.05, 0) is 42.5 Å². The molecule has 1 aliphatic rings. The Morgan fingerprint density at radius 2 is 1.66 bits per heavy atom. The standard InChI is InChI=1S/C26H31N3O4.C7H7ClO2.C3H8.C2H5N.C2H4O2/c1-3-20(23-11-7-8-12-24(23)27)13-25(31)28-17-21-15-26(33-29-21,16-22(30)18-32-2)14-19-9-5-4-6-10-19;8-6-2-1-3-7(10)5(6)4-9;1-3-2;1-2-3;1-2(3)4/h3-12H,13-18,27H2,1-2H3,(H,28,31);1-3,9-10H,4H2;3H2,1-2H3;2H,1,3H2;1H3,(H,3,4)/b20-3-;;;;. The third-order valence-corrected chi connectivity index (χ3v) is 7.19. The number of carboxylic acids is 1. The van der Waals surface area contributed by atoms with E-state index in [1.165, 1.54) is 25.8 Å². The van der Waals surface area contributed by atoms with Crippen LogP contribution in [0.25, 0.3) is 5.57 Å². The number of rotatable bonds is 12. The number of anilines is 1. The summed E-state index contributed by atoms with van der Waals surface area (Å²) in [5, 5.41) is 32.6. The first-order valence-corrected chi connectivity index (χ1v) is 17.3. The molecule has 53 heavy (non-hydrogen) atoms. The van der Waals surface area contributed by atoms with Gasteiger partial charge in [0.15, 0.2) is 11.4 Å². The maximum atomic E-state index is 12.6. The number of nitrogens with two attached hydrogens (primary N) is 2. The third kappa shape index (κ3) is 19.9. The number of methoxy groups -OCH3 is 1. The Labute approximate surface area is 318 Å². The van der Waals surface area contributed by atoms with E-state index in [1.807, 2.05) is 67.6 Å². The van der Waals surface area contributed by atoms with E-state index in [-0.39, 0.29) is 50.0 Å². The highest BCUT2D eigenvalue weighted by atomic mass is 35.5. The Morgan fingerprint density at radius 1 is 1.08 bits per heavy atom. The normalized spacial score (nSPS) is 14.0. The highest BCUT2D eigenvalue weighted by Crippen LogP contribution is 2.32. The number of carboxylic acid groups (broad SMARTS) is 1. The number of aliphatic hydroxyl groups excluding tert-OH is 1. The monoisotopic (exact) mass is 754 g/mol. The van der Waals surface area contributed by atoms with Crippen LogP contribution in [0.4, 0.5) is 5.69 Å². The van der Waals surface area contributed by atoms with E-state index < -0.39 is 11.6 Å². The van der Waals surface area contributed by atoms with Gasteiger partial charge < -0.3 is 41.7 Å². The zero-order valence-corrected chi connectivity index (χ0v) is 32.1. The van der Waals surface area contributed by atoms with Crippen LogP contribution >= 0.6 is 11.6 Å². The number of aliphatic hydroxyl groups is 1. The van der Waals surface area contributed by atoms with Gasteiger partial charge in [-0.15, -0.1) is 0 Å². The number of ketones is 1. The molecule has 1 aliphatic heterocycles. The smallest absolute Gasteiger partial charge is 0.300 e. The Morgan fingerprint density at radius 3 is 2.17 bits per heavy atom. The van der Waals surface area contributed by atoms with Crippen molar-refractivity contribution >= 4 is 46.2 Å². The van der Waals surface area contributed by atoms with Crippen LogP contribution in [-0.4, -0.2) is 64.6 Å². The minimum absolute atomic E-state index is 0.0285. The molecule has 8 N–H and O–H groups in total. The van der Waals surface area contributed by atoms with Crippen LogP contribution in [0.3, 0.4) is 0 Å². The number of nitrogen functional groups attached to an aromatic ring is 1. The van der Waals surface area contributed by atoms with Crippen LogP contribution < -0.4 is 16.8 Å². The number of nitrogens with one attached hydrogen (secondary N) is 1. The molecule has 3 aromatic carbocycles. The summed E-state index contributed by atoms with van der Waals surface area (Å²) in [6, 6.07) is 22.1. The Bertz CT molecular complexity index is 1590. The molecule has 1 amide bonds. The van der Waals surface area contributed by atoms with Gasteiger partial charge in [-0.2, -0.15) is 0 Å². The lowest BCUT2D eigenvalue weighted by Crippen LogP contribution is -2.37. The topological polar surface area (TPSA) is 207 Å². The van der Waals surface area contributed by atoms with Gasteiger partial charge in [0.25, 0.3) is 5.97 Å². The number of halogens is 1. The summed E-state index contributed by atoms with van der Waals surface area (Å²) >= 11 is 5.61. The summed E-state index contributed by atoms with van der Waals surface area (Å²) in [7, 11) is 1.50. The molecule has 13 heteroatoms. The molecular weight excluding hydrogens is 700 g/mol. The highest BCUT2D eigenvalue weighted by molar-refractivity contribution is 6.31. The molecule has 1 atom stereocenters. The van der Waals surface area contributed by atoms with Crippen LogP contribution in [-0.2, 0) is 37.0 Å². The summed E-state index contributed by atoms with van der Waals surface area (Å²) in [6.07, 6.45) is 5.79. The molecule has 0 bridgehead atoms. The summed E-state index contributed by atoms with van der Waals surface area (Å²) in [5.41, 5.74) is 14.4. The number of para-hydroxylation sites is 1. The second-order valence-electron chi connectivity index (χ2n) is 11.6. The number of phenols is 1. The van der Waals surface area contributed by atoms with E-state index in [9.17, 15) is 9.59 Å². The predicted octanol–water partition coefficient (Wildman–Crippen LogP) is 6.68. The van der Waals surface area contributed by atoms with Gasteiger partial charge in [-0.25, -0.2) is 0 Å². The molecule has 0 aliphatic carbocycles. The fraction of sp³-hybridized carbons (Fsp3) is 0.350. The van der Waals surface area contributed by atoms with Crippen molar-refractivity contribution in [2.24, 2.45) is 10.9 Å². The molecule has 0 aromatic heterocycles. The average Bonchev–Trinajstić information content (AvgIpc) is 3.50. The number of carbonyl (C=O) groups is 3. The lowest BCUT2D eigenvalue weighted by molar-refractivity contribution is -0.134. The third-order valence-electron chi connectivity index (χ3n) is 6.84. The first-order valence-electron chi connectivity index (χ1n) is 16.9. The van der Waals surface area contributed by atoms with Crippen LogP contribution in [0.15, 0.2) is 96.8 Å². The van der Waals surface area contributed by atoms with E-state index in [0.717, 1.165) is 23.6 Å². The zero-order chi connectivity index (χ0) is 40.2. The number of nitrogens with zero attached hydrogens (tertiary/aromatic N) is 1. The second-order valence-corrected chi connectivity index (χ2v) is 12.0. The zero-order valence-electron chi connectivity index (χ0n) is 31.3. The second kappa shape index (κ2) is 27.5. The molecular formula is C40H55ClN4O8. The Hall–Kier alpha value is -5.17. The van der Waals surface area contributed by atoms with Crippen molar-refractivity contribution in [1.29, 1.82) is 0 Å². The first kappa shape index (κ1) is 47.8. The number of aromatic hydroxyl groups is 1. The van der Waals surface area contributed by atoms with Crippen LogP contribution in [0.5, 0.6) is 5.75 Å². The average molecular weight is 755 g/mol. The van der Waals surface area contributed by atoms with Crippen molar-refractivity contribution < 1.29 is 39.3 Å². The van der Waals surface area contributed by atoms with Crippen molar-refractivity contribution in [3.63, 3.8) is 0 Å². The molecule has 1 unspecified atom stereocenters. The van der Waals surface area contributed by atoms with E-state index in [1.54, 1.807) is 12.1 Å². The van der Waals surface area contributed by atoms with Crippen molar-refractivity contribution in [3.05, 3.63) is 113 Å². The molecule has 4 rings (SSSR count). The van der Waals surface area contributed by atoms with Crippen molar-refractivity contribution in [3.8, 4) is 5.75 Å². The molecule has 0 saturated carbocycles. The quantitative estimate of drug-likeness (QED) is 0.108. The maximum Gasteiger partial charge on any atom is 0.300 e. The van der Waals surface area contributed by atoms with Gasteiger partial charge in [0, 0.05) is 48.7 Å². The molecule has 3 aromatic rings. The number of hydrogen-bond donors (Lipinski definition) is 6. The van der Waals surface area contributed by atoms with Gasteiger partial charge in [-0.1, -0.05) is 104 Å². The number of aliphatic carboxylic acids is 1. The van der Waals surface area contributed by atoms with Crippen molar-refractivity contribution in [1.82, 2.24) is 5.32 Å². The van der Waals surface area contributed by atoms with Gasteiger partial charge in [-0.3, -0.25) is 14.4 Å². The van der Waals surface area contributed by atoms with Crippen molar-refractivity contribution in [2.45, 2.75) is 72.0 Å². The van der Waals surface area contributed by atoms with E-state index in [0.29, 0.717) is 34.8 Å². The molecule has 1 heterocycles. The maximum absolute atomic E-state index is 12.6. The summed E-state index contributed by atoms with van der Waals surface area (Å²) in [5.74, 6) is -0.979. The number of hydrogen-bond acceptors (Lipinski definition) is 10. The van der Waals surface area contributed by atoms with E-state index in [4.69, 9.17) is 47.0 Å². The van der Waals surface area contributed by atoms with Gasteiger partial charge >= 0.3 is 0 Å². The number of carbonyl (C=O) groups excluding carboxylic acids is 2. The molecule has 12 nitrogen and oxygen atoms in total. The summed E-state index contributed by atoms with van der Waals surface area (Å²) in [6.45, 7) is 10.4. The summed E-state index contributed by atoms with van der Waals surface area (Å²) < 4.78 is 4.99. The summed E-state index contributed by atoms with van der Waals surface area (Å²) in [4.78, 5) is 39.8. The van der Waals surface area contributed by atoms with Gasteiger partial charge in [0.1, 0.15) is 12.4 Å². The minimum Gasteiger partial charge on any atom is -0.508 e. The molecule has 0 saturated heterocycles. The van der Waals surface area contributed by atoms with Crippen LogP contribution in [0.1, 0.15) is 70.1 Å². The number of Topliss-reactive ketones (excluding diaryl/α,β-unsaturated/α-hetero) is 1. The molecule has 290 valence electrons. The lowest BCUT2D eigenvalue weighted by Gasteiger charge is -2.26.